The van der Waals surface area contributed by atoms with Gasteiger partial charge in [0.05, 0.1) is 19.6 Å². The van der Waals surface area contributed by atoms with E-state index in [0.29, 0.717) is 6.42 Å². The second-order valence-corrected chi connectivity index (χ2v) is 6.35. The van der Waals surface area contributed by atoms with Gasteiger partial charge in [-0.05, 0) is 61.1 Å². The van der Waals surface area contributed by atoms with Crippen LogP contribution in [0.1, 0.15) is 47.2 Å². The summed E-state index contributed by atoms with van der Waals surface area (Å²) in [4.78, 5) is 12.4. The van der Waals surface area contributed by atoms with E-state index < -0.39 is 0 Å². The average Bonchev–Trinajstić information content (AvgIpc) is 2.55. The lowest BCUT2D eigenvalue weighted by molar-refractivity contribution is -0.121. The maximum atomic E-state index is 12.4. The molecule has 2 aromatic rings. The van der Waals surface area contributed by atoms with Gasteiger partial charge in [-0.2, -0.15) is 0 Å². The van der Waals surface area contributed by atoms with Gasteiger partial charge in [-0.25, -0.2) is 0 Å². The zero-order valence-corrected chi connectivity index (χ0v) is 15.3. The maximum Gasteiger partial charge on any atom is 0.224 e. The molecular formula is C21H27NO2. The molecule has 0 spiro atoms. The number of aryl methyl sites for hydroxylation is 3. The molecule has 0 unspecified atom stereocenters. The highest BCUT2D eigenvalue weighted by atomic mass is 16.5. The van der Waals surface area contributed by atoms with Gasteiger partial charge in [0.1, 0.15) is 5.75 Å². The van der Waals surface area contributed by atoms with E-state index in [2.05, 4.69) is 44.3 Å². The third-order valence-electron chi connectivity index (χ3n) is 4.50. The summed E-state index contributed by atoms with van der Waals surface area (Å²) in [6.07, 6.45) is 1.25. The van der Waals surface area contributed by atoms with E-state index in [1.54, 1.807) is 7.11 Å². The molecule has 0 saturated carbocycles. The zero-order chi connectivity index (χ0) is 17.7. The lowest BCUT2D eigenvalue weighted by Crippen LogP contribution is -2.29. The van der Waals surface area contributed by atoms with Crippen molar-refractivity contribution in [1.82, 2.24) is 5.32 Å². The van der Waals surface area contributed by atoms with Crippen molar-refractivity contribution >= 4 is 5.91 Å². The van der Waals surface area contributed by atoms with Gasteiger partial charge in [-0.1, -0.05) is 37.3 Å². The first-order valence-corrected chi connectivity index (χ1v) is 8.44. The molecule has 2 aromatic carbocycles. The molecule has 0 fully saturated rings. The summed E-state index contributed by atoms with van der Waals surface area (Å²) < 4.78 is 5.26. The third-order valence-corrected chi connectivity index (χ3v) is 4.50. The number of amides is 1. The maximum absolute atomic E-state index is 12.4. The Labute approximate surface area is 145 Å². The van der Waals surface area contributed by atoms with E-state index in [1.807, 2.05) is 25.1 Å². The fraction of sp³-hybridized carbons (Fsp3) is 0.381. The highest BCUT2D eigenvalue weighted by molar-refractivity contribution is 5.79. The van der Waals surface area contributed by atoms with Crippen molar-refractivity contribution in [3.63, 3.8) is 0 Å². The molecule has 128 valence electrons. The molecule has 0 heterocycles. The first-order valence-electron chi connectivity index (χ1n) is 8.44. The molecule has 3 nitrogen and oxygen atoms in total. The number of ether oxygens (including phenoxy) is 1. The van der Waals surface area contributed by atoms with Gasteiger partial charge in [0, 0.05) is 0 Å². The molecule has 1 atom stereocenters. The molecule has 0 radical (unpaired) electrons. The van der Waals surface area contributed by atoms with Crippen LogP contribution in [0.15, 0.2) is 36.4 Å². The van der Waals surface area contributed by atoms with Crippen LogP contribution in [-0.4, -0.2) is 13.0 Å². The summed E-state index contributed by atoms with van der Waals surface area (Å²) in [5.74, 6) is 0.894. The molecule has 0 aromatic heterocycles. The Kier molecular flexibility index (Phi) is 6.02. The van der Waals surface area contributed by atoms with Crippen LogP contribution >= 0.6 is 0 Å². The largest absolute Gasteiger partial charge is 0.496 e. The first kappa shape index (κ1) is 18.1. The van der Waals surface area contributed by atoms with Gasteiger partial charge in [0.25, 0.3) is 0 Å². The summed E-state index contributed by atoms with van der Waals surface area (Å²) in [7, 11) is 1.66. The van der Waals surface area contributed by atoms with E-state index >= 15 is 0 Å². The molecular weight excluding hydrogens is 298 g/mol. The number of benzene rings is 2. The van der Waals surface area contributed by atoms with Crippen molar-refractivity contribution in [2.45, 2.75) is 46.6 Å². The summed E-state index contributed by atoms with van der Waals surface area (Å²) in [5, 5.41) is 3.16. The fourth-order valence-corrected chi connectivity index (χ4v) is 2.88. The molecule has 1 N–H and O–H groups in total. The molecule has 0 bridgehead atoms. The first-order chi connectivity index (χ1) is 11.4. The van der Waals surface area contributed by atoms with Crippen molar-refractivity contribution < 1.29 is 9.53 Å². The Morgan fingerprint density at radius 2 is 1.79 bits per heavy atom. The van der Waals surface area contributed by atoms with Gasteiger partial charge in [0.2, 0.25) is 5.91 Å². The van der Waals surface area contributed by atoms with Crippen LogP contribution < -0.4 is 10.1 Å². The number of carbonyl (C=O) groups is 1. The van der Waals surface area contributed by atoms with Gasteiger partial charge >= 0.3 is 0 Å². The average molecular weight is 325 g/mol. The fourth-order valence-electron chi connectivity index (χ4n) is 2.88. The van der Waals surface area contributed by atoms with Crippen molar-refractivity contribution in [2.24, 2.45) is 0 Å². The van der Waals surface area contributed by atoms with Gasteiger partial charge in [0.15, 0.2) is 0 Å². The number of nitrogens with one attached hydrogen (secondary N) is 1. The SMILES string of the molecule is CC[C@H](NC(=O)Cc1ccc(OC)c(C)c1)c1ccc(C)c(C)c1. The van der Waals surface area contributed by atoms with Crippen LogP contribution in [0, 0.1) is 20.8 Å². The lowest BCUT2D eigenvalue weighted by atomic mass is 9.99. The van der Waals surface area contributed by atoms with Crippen molar-refractivity contribution in [3.05, 3.63) is 64.2 Å². The quantitative estimate of drug-likeness (QED) is 0.853. The summed E-state index contributed by atoms with van der Waals surface area (Å²) in [5.41, 5.74) is 5.74. The predicted octanol–water partition coefficient (Wildman–Crippen LogP) is 4.43. The molecule has 1 amide bonds. The monoisotopic (exact) mass is 325 g/mol. The van der Waals surface area contributed by atoms with E-state index in [0.717, 1.165) is 23.3 Å². The number of hydrogen-bond donors (Lipinski definition) is 1. The topological polar surface area (TPSA) is 38.3 Å². The van der Waals surface area contributed by atoms with Crippen LogP contribution in [0.25, 0.3) is 0 Å². The van der Waals surface area contributed by atoms with Gasteiger partial charge < -0.3 is 10.1 Å². The second kappa shape index (κ2) is 8.00. The minimum atomic E-state index is 0.0460. The third kappa shape index (κ3) is 4.38. The number of rotatable bonds is 6. The van der Waals surface area contributed by atoms with Crippen LogP contribution in [0.5, 0.6) is 5.75 Å². The predicted molar refractivity (Wildman–Crippen MR) is 98.5 cm³/mol. The van der Waals surface area contributed by atoms with E-state index in [1.165, 1.54) is 16.7 Å². The molecule has 0 aliphatic carbocycles. The minimum absolute atomic E-state index is 0.0460. The summed E-state index contributed by atoms with van der Waals surface area (Å²) in [6, 6.07) is 12.3. The Balaban J connectivity index is 2.06. The number of hydrogen-bond acceptors (Lipinski definition) is 2. The Morgan fingerprint density at radius 1 is 1.04 bits per heavy atom. The van der Waals surface area contributed by atoms with E-state index in [-0.39, 0.29) is 11.9 Å². The second-order valence-electron chi connectivity index (χ2n) is 6.35. The summed E-state index contributed by atoms with van der Waals surface area (Å²) in [6.45, 7) is 8.29. The molecule has 2 rings (SSSR count). The van der Waals surface area contributed by atoms with Gasteiger partial charge in [-0.15, -0.1) is 0 Å². The van der Waals surface area contributed by atoms with Crippen LogP contribution in [0.4, 0.5) is 0 Å². The highest BCUT2D eigenvalue weighted by Gasteiger charge is 2.14. The van der Waals surface area contributed by atoms with Gasteiger partial charge in [-0.3, -0.25) is 4.79 Å². The summed E-state index contributed by atoms with van der Waals surface area (Å²) >= 11 is 0. The standard InChI is InChI=1S/C21H27NO2/c1-6-19(18-9-7-14(2)15(3)12-18)22-21(23)13-17-8-10-20(24-5)16(4)11-17/h7-12,19H,6,13H2,1-5H3,(H,22,23)/t19-/m0/s1. The zero-order valence-electron chi connectivity index (χ0n) is 15.3. The van der Waals surface area contributed by atoms with Crippen molar-refractivity contribution in [3.8, 4) is 5.75 Å². The Bertz CT molecular complexity index is 722. The number of methoxy groups -OCH3 is 1. The lowest BCUT2D eigenvalue weighted by Gasteiger charge is -2.19. The smallest absolute Gasteiger partial charge is 0.224 e. The minimum Gasteiger partial charge on any atom is -0.496 e. The Morgan fingerprint density at radius 3 is 2.38 bits per heavy atom. The molecule has 3 heteroatoms. The molecule has 0 saturated heterocycles. The van der Waals surface area contributed by atoms with Crippen LogP contribution in [-0.2, 0) is 11.2 Å². The Hall–Kier alpha value is -2.29. The highest BCUT2D eigenvalue weighted by Crippen LogP contribution is 2.21. The van der Waals surface area contributed by atoms with Crippen LogP contribution in [0.3, 0.4) is 0 Å². The molecule has 24 heavy (non-hydrogen) atoms. The van der Waals surface area contributed by atoms with Crippen molar-refractivity contribution in [1.29, 1.82) is 0 Å². The van der Waals surface area contributed by atoms with Crippen LogP contribution in [0.2, 0.25) is 0 Å². The molecule has 0 aliphatic heterocycles. The van der Waals surface area contributed by atoms with E-state index in [9.17, 15) is 4.79 Å². The number of carbonyl (C=O) groups excluding carboxylic acids is 1. The van der Waals surface area contributed by atoms with E-state index in [4.69, 9.17) is 4.74 Å². The normalized spacial score (nSPS) is 11.9. The molecule has 0 aliphatic rings. The van der Waals surface area contributed by atoms with Crippen molar-refractivity contribution in [2.75, 3.05) is 7.11 Å².